The molecular weight excluding hydrogens is 300 g/mol. The van der Waals surface area contributed by atoms with Crippen LogP contribution in [0.25, 0.3) is 0 Å². The Morgan fingerprint density at radius 1 is 1.32 bits per heavy atom. The quantitative estimate of drug-likeness (QED) is 0.832. The number of hydrogen-bond acceptors (Lipinski definition) is 4. The summed E-state index contributed by atoms with van der Waals surface area (Å²) in [4.78, 5) is 27.8. The molecule has 0 radical (unpaired) electrons. The van der Waals surface area contributed by atoms with E-state index >= 15 is 0 Å². The molecule has 2 amide bonds. The molecule has 0 unspecified atom stereocenters. The van der Waals surface area contributed by atoms with E-state index in [9.17, 15) is 9.59 Å². The Morgan fingerprint density at radius 2 is 2.05 bits per heavy atom. The fraction of sp³-hybridized carbons (Fsp3) is 0.500. The Labute approximate surface area is 135 Å². The molecule has 0 spiro atoms. The first-order valence-corrected chi connectivity index (χ1v) is 8.40. The Kier molecular flexibility index (Phi) is 5.71. The van der Waals surface area contributed by atoms with Gasteiger partial charge in [-0.2, -0.15) is 0 Å². The van der Waals surface area contributed by atoms with E-state index in [2.05, 4.69) is 13.8 Å². The fourth-order valence-electron chi connectivity index (χ4n) is 2.32. The van der Waals surface area contributed by atoms with Crippen LogP contribution in [-0.2, 0) is 9.59 Å². The van der Waals surface area contributed by atoms with Crippen molar-refractivity contribution in [2.24, 2.45) is 0 Å². The molecule has 0 N–H and O–H groups in total. The number of hydrogen-bond donors (Lipinski definition) is 0. The maximum Gasteiger partial charge on any atom is 0.246 e. The number of ether oxygens (including phenoxy) is 1. The van der Waals surface area contributed by atoms with E-state index in [1.165, 1.54) is 0 Å². The first-order valence-electron chi connectivity index (χ1n) is 7.35. The predicted molar refractivity (Wildman–Crippen MR) is 89.5 cm³/mol. The zero-order chi connectivity index (χ0) is 16.1. The van der Waals surface area contributed by atoms with Crippen LogP contribution in [0.5, 0.6) is 5.75 Å². The number of carbonyl (C=O) groups excluding carboxylic acids is 2. The molecule has 1 fully saturated rings. The molecule has 1 aliphatic heterocycles. The lowest BCUT2D eigenvalue weighted by atomic mass is 10.2. The van der Waals surface area contributed by atoms with E-state index < -0.39 is 0 Å². The average molecular weight is 322 g/mol. The number of piperazine rings is 1. The molecular formula is C16H22N2O3S. The average Bonchev–Trinajstić information content (AvgIpc) is 2.52. The highest BCUT2D eigenvalue weighted by Gasteiger charge is 2.29. The summed E-state index contributed by atoms with van der Waals surface area (Å²) in [5, 5.41) is 0.412. The molecule has 0 aliphatic carbocycles. The van der Waals surface area contributed by atoms with Crippen molar-refractivity contribution in [3.63, 3.8) is 0 Å². The minimum Gasteiger partial charge on any atom is -0.495 e. The first-order chi connectivity index (χ1) is 10.5. The van der Waals surface area contributed by atoms with Crippen LogP contribution in [0.3, 0.4) is 0 Å². The Bertz CT molecular complexity index is 548. The smallest absolute Gasteiger partial charge is 0.246 e. The maximum absolute atomic E-state index is 12.4. The maximum atomic E-state index is 12.4. The van der Waals surface area contributed by atoms with Crippen molar-refractivity contribution in [3.8, 4) is 5.75 Å². The van der Waals surface area contributed by atoms with Crippen LogP contribution < -0.4 is 9.64 Å². The molecule has 22 heavy (non-hydrogen) atoms. The number of nitrogens with zero attached hydrogens (tertiary/aromatic N) is 2. The second-order valence-electron chi connectivity index (χ2n) is 5.39. The number of amides is 2. The van der Waals surface area contributed by atoms with Crippen molar-refractivity contribution >= 4 is 29.3 Å². The van der Waals surface area contributed by atoms with Gasteiger partial charge in [0.15, 0.2) is 0 Å². The van der Waals surface area contributed by atoms with Crippen LogP contribution in [0.15, 0.2) is 24.3 Å². The lowest BCUT2D eigenvalue weighted by Gasteiger charge is -2.35. The molecule has 0 atom stereocenters. The largest absolute Gasteiger partial charge is 0.495 e. The Morgan fingerprint density at radius 3 is 2.68 bits per heavy atom. The second kappa shape index (κ2) is 7.54. The lowest BCUT2D eigenvalue weighted by Crippen LogP contribution is -2.53. The van der Waals surface area contributed by atoms with Gasteiger partial charge in [0.2, 0.25) is 11.8 Å². The zero-order valence-electron chi connectivity index (χ0n) is 13.2. The predicted octanol–water partition coefficient (Wildman–Crippen LogP) is 2.01. The molecule has 0 saturated carbocycles. The molecule has 0 aromatic heterocycles. The van der Waals surface area contributed by atoms with Crippen LogP contribution in [0.1, 0.15) is 13.8 Å². The molecule has 1 aromatic rings. The number of para-hydroxylation sites is 2. The molecule has 1 saturated heterocycles. The van der Waals surface area contributed by atoms with E-state index in [1.54, 1.807) is 28.7 Å². The number of benzene rings is 1. The summed E-state index contributed by atoms with van der Waals surface area (Å²) in [6.07, 6.45) is 0. The lowest BCUT2D eigenvalue weighted by molar-refractivity contribution is -0.134. The van der Waals surface area contributed by atoms with E-state index in [4.69, 9.17) is 4.74 Å². The molecule has 2 rings (SSSR count). The number of anilines is 1. The third-order valence-electron chi connectivity index (χ3n) is 3.49. The monoisotopic (exact) mass is 322 g/mol. The Balaban J connectivity index is 2.01. The van der Waals surface area contributed by atoms with Crippen LogP contribution >= 0.6 is 11.8 Å². The van der Waals surface area contributed by atoms with Crippen LogP contribution in [0.4, 0.5) is 5.69 Å². The highest BCUT2D eigenvalue weighted by molar-refractivity contribution is 8.00. The van der Waals surface area contributed by atoms with Crippen molar-refractivity contribution in [1.82, 2.24) is 4.90 Å². The van der Waals surface area contributed by atoms with Crippen molar-refractivity contribution in [2.45, 2.75) is 19.1 Å². The molecule has 1 aliphatic rings. The summed E-state index contributed by atoms with van der Waals surface area (Å²) >= 11 is 1.60. The van der Waals surface area contributed by atoms with Gasteiger partial charge in [-0.05, 0) is 17.4 Å². The standard InChI is InChI=1S/C16H22N2O3S/c1-12(2)22-11-16(20)17-8-9-18(15(19)10-17)13-6-4-5-7-14(13)21-3/h4-7,12H,8-11H2,1-3H3. The second-order valence-corrected chi connectivity index (χ2v) is 6.96. The van der Waals surface area contributed by atoms with Gasteiger partial charge in [0, 0.05) is 13.1 Å². The van der Waals surface area contributed by atoms with E-state index in [0.29, 0.717) is 29.8 Å². The normalized spacial score (nSPS) is 15.4. The van der Waals surface area contributed by atoms with Crippen LogP contribution in [0, 0.1) is 0 Å². The Hall–Kier alpha value is -1.69. The van der Waals surface area contributed by atoms with Gasteiger partial charge >= 0.3 is 0 Å². The molecule has 0 bridgehead atoms. The van der Waals surface area contributed by atoms with Gasteiger partial charge in [-0.1, -0.05) is 26.0 Å². The minimum atomic E-state index is -0.0707. The number of methoxy groups -OCH3 is 1. The number of thioether (sulfide) groups is 1. The molecule has 120 valence electrons. The number of carbonyl (C=O) groups is 2. The van der Waals surface area contributed by atoms with Crippen molar-refractivity contribution in [1.29, 1.82) is 0 Å². The third kappa shape index (κ3) is 3.94. The van der Waals surface area contributed by atoms with Crippen molar-refractivity contribution in [3.05, 3.63) is 24.3 Å². The van der Waals surface area contributed by atoms with Gasteiger partial charge in [-0.25, -0.2) is 0 Å². The van der Waals surface area contributed by atoms with E-state index in [-0.39, 0.29) is 18.4 Å². The molecule has 1 heterocycles. The summed E-state index contributed by atoms with van der Waals surface area (Å²) in [6.45, 7) is 5.31. The van der Waals surface area contributed by atoms with Gasteiger partial charge in [0.1, 0.15) is 12.3 Å². The fourth-order valence-corrected chi connectivity index (χ4v) is 2.98. The minimum absolute atomic E-state index is 0.0340. The summed E-state index contributed by atoms with van der Waals surface area (Å²) in [5.41, 5.74) is 0.763. The topological polar surface area (TPSA) is 49.9 Å². The van der Waals surface area contributed by atoms with E-state index in [1.807, 2.05) is 24.3 Å². The SMILES string of the molecule is COc1ccccc1N1CCN(C(=O)CSC(C)C)CC1=O. The summed E-state index contributed by atoms with van der Waals surface area (Å²) in [5.74, 6) is 1.07. The highest BCUT2D eigenvalue weighted by atomic mass is 32.2. The van der Waals surface area contributed by atoms with Crippen molar-refractivity contribution < 1.29 is 14.3 Å². The van der Waals surface area contributed by atoms with Gasteiger partial charge in [0.25, 0.3) is 0 Å². The summed E-state index contributed by atoms with van der Waals surface area (Å²) < 4.78 is 5.31. The van der Waals surface area contributed by atoms with Gasteiger partial charge in [-0.15, -0.1) is 11.8 Å². The molecule has 5 nitrogen and oxygen atoms in total. The molecule has 1 aromatic carbocycles. The van der Waals surface area contributed by atoms with Gasteiger partial charge < -0.3 is 14.5 Å². The number of rotatable bonds is 5. The summed E-state index contributed by atoms with van der Waals surface area (Å²) in [6, 6.07) is 7.44. The van der Waals surface area contributed by atoms with Crippen LogP contribution in [-0.4, -0.2) is 54.5 Å². The van der Waals surface area contributed by atoms with E-state index in [0.717, 1.165) is 5.69 Å². The molecule has 6 heteroatoms. The third-order valence-corrected chi connectivity index (χ3v) is 4.57. The van der Waals surface area contributed by atoms with Gasteiger partial charge in [0.05, 0.1) is 18.6 Å². The van der Waals surface area contributed by atoms with Crippen LogP contribution in [0.2, 0.25) is 0 Å². The summed E-state index contributed by atoms with van der Waals surface area (Å²) in [7, 11) is 1.59. The highest BCUT2D eigenvalue weighted by Crippen LogP contribution is 2.28. The zero-order valence-corrected chi connectivity index (χ0v) is 14.1. The van der Waals surface area contributed by atoms with Crippen molar-refractivity contribution in [2.75, 3.05) is 37.4 Å². The first kappa shape index (κ1) is 16.7. The van der Waals surface area contributed by atoms with Gasteiger partial charge in [-0.3, -0.25) is 9.59 Å².